The van der Waals surface area contributed by atoms with E-state index in [4.69, 9.17) is 10.1 Å². The first-order valence-corrected chi connectivity index (χ1v) is 12.5. The topological polar surface area (TPSA) is 111 Å². The molecular weight excluding hydrogens is 511 g/mol. The Morgan fingerprint density at radius 2 is 1.90 bits per heavy atom. The highest BCUT2D eigenvalue weighted by atomic mass is 19.4. The molecule has 0 atom stereocenters. The van der Waals surface area contributed by atoms with Gasteiger partial charge in [0.25, 0.3) is 0 Å². The van der Waals surface area contributed by atoms with Gasteiger partial charge in [-0.25, -0.2) is 14.8 Å². The van der Waals surface area contributed by atoms with Crippen molar-refractivity contribution in [2.75, 3.05) is 30.5 Å². The van der Waals surface area contributed by atoms with E-state index in [0.717, 1.165) is 30.8 Å². The first-order valence-electron chi connectivity index (χ1n) is 12.5. The molecule has 206 valence electrons. The van der Waals surface area contributed by atoms with Crippen molar-refractivity contribution < 1.29 is 27.8 Å². The minimum atomic E-state index is -4.56. The van der Waals surface area contributed by atoms with Gasteiger partial charge >= 0.3 is 12.1 Å². The first-order chi connectivity index (χ1) is 18.5. The number of carboxylic acid groups (broad SMARTS) is 1. The Morgan fingerprint density at radius 3 is 2.49 bits per heavy atom. The zero-order chi connectivity index (χ0) is 28.3. The van der Waals surface area contributed by atoms with Crippen LogP contribution in [0.2, 0.25) is 0 Å². The van der Waals surface area contributed by atoms with Crippen molar-refractivity contribution in [2.24, 2.45) is 5.92 Å². The third-order valence-electron chi connectivity index (χ3n) is 6.70. The summed E-state index contributed by atoms with van der Waals surface area (Å²) in [7, 11) is 1.96. The standard InChI is InChI=1S/C28H30F3N5O3/c1-16(2)25(32)24-21(17-7-8-23(33-15-17)36(3)20-9-11-39-12-10-20)14-22(27(37)38)35-26(24)34-19-6-4-5-18(13-19)28(29,30)31/h4-8,13-16,20,32H,9-12H2,1-3H3,(H,34,35)(H,37,38). The third kappa shape index (κ3) is 6.36. The molecule has 0 radical (unpaired) electrons. The van der Waals surface area contributed by atoms with E-state index in [-0.39, 0.29) is 34.9 Å². The molecule has 8 nitrogen and oxygen atoms in total. The molecule has 11 heteroatoms. The van der Waals surface area contributed by atoms with Crippen LogP contribution in [0.4, 0.5) is 30.5 Å². The second kappa shape index (κ2) is 11.4. The first kappa shape index (κ1) is 28.0. The zero-order valence-electron chi connectivity index (χ0n) is 21.8. The lowest BCUT2D eigenvalue weighted by Gasteiger charge is -2.32. The van der Waals surface area contributed by atoms with Crippen molar-refractivity contribution in [3.8, 4) is 11.1 Å². The summed E-state index contributed by atoms with van der Waals surface area (Å²) >= 11 is 0. The normalized spacial score (nSPS) is 14.3. The number of nitrogens with zero attached hydrogens (tertiary/aromatic N) is 3. The second-order valence-corrected chi connectivity index (χ2v) is 9.72. The van der Waals surface area contributed by atoms with Crippen molar-refractivity contribution in [1.82, 2.24) is 9.97 Å². The van der Waals surface area contributed by atoms with Gasteiger partial charge in [-0.05, 0) is 60.7 Å². The van der Waals surface area contributed by atoms with E-state index < -0.39 is 17.7 Å². The molecule has 1 aliphatic heterocycles. The van der Waals surface area contributed by atoms with Crippen molar-refractivity contribution in [1.29, 1.82) is 5.41 Å². The number of benzene rings is 1. The molecule has 1 aromatic carbocycles. The predicted octanol–water partition coefficient (Wildman–Crippen LogP) is 6.24. The van der Waals surface area contributed by atoms with E-state index in [1.54, 1.807) is 26.1 Å². The molecule has 2 aromatic heterocycles. The Kier molecular flexibility index (Phi) is 8.19. The van der Waals surface area contributed by atoms with Gasteiger partial charge in [0.05, 0.1) is 5.56 Å². The number of carboxylic acids is 1. The van der Waals surface area contributed by atoms with Crippen LogP contribution in [0, 0.1) is 11.3 Å². The van der Waals surface area contributed by atoms with Crippen molar-refractivity contribution in [2.45, 2.75) is 38.9 Å². The van der Waals surface area contributed by atoms with Crippen LogP contribution in [0.3, 0.4) is 0 Å². The highest BCUT2D eigenvalue weighted by molar-refractivity contribution is 6.10. The van der Waals surface area contributed by atoms with Crippen LogP contribution in [-0.4, -0.2) is 53.1 Å². The molecule has 1 fully saturated rings. The molecule has 0 spiro atoms. The summed E-state index contributed by atoms with van der Waals surface area (Å²) in [4.78, 5) is 22.9. The number of anilines is 3. The number of rotatable bonds is 8. The van der Waals surface area contributed by atoms with Gasteiger partial charge in [-0.2, -0.15) is 13.2 Å². The van der Waals surface area contributed by atoms with Crippen LogP contribution < -0.4 is 10.2 Å². The van der Waals surface area contributed by atoms with E-state index >= 15 is 0 Å². The highest BCUT2D eigenvalue weighted by Crippen LogP contribution is 2.35. The maximum atomic E-state index is 13.3. The number of hydrogen-bond acceptors (Lipinski definition) is 7. The highest BCUT2D eigenvalue weighted by Gasteiger charge is 2.31. The largest absolute Gasteiger partial charge is 0.477 e. The molecule has 0 amide bonds. The van der Waals surface area contributed by atoms with Crippen molar-refractivity contribution >= 4 is 29.0 Å². The molecule has 0 bridgehead atoms. The molecule has 3 heterocycles. The summed E-state index contributed by atoms with van der Waals surface area (Å²) < 4.78 is 45.4. The lowest BCUT2D eigenvalue weighted by Crippen LogP contribution is -2.37. The number of pyridine rings is 2. The number of ether oxygens (including phenoxy) is 1. The Hall–Kier alpha value is -3.99. The van der Waals surface area contributed by atoms with E-state index in [1.165, 1.54) is 18.2 Å². The summed E-state index contributed by atoms with van der Waals surface area (Å²) in [5.41, 5.74) is 0.265. The average Bonchev–Trinajstić information content (AvgIpc) is 2.92. The molecule has 0 unspecified atom stereocenters. The van der Waals surface area contributed by atoms with Crippen LogP contribution in [0.1, 0.15) is 48.3 Å². The van der Waals surface area contributed by atoms with Gasteiger partial charge in [0.15, 0.2) is 5.69 Å². The summed E-state index contributed by atoms with van der Waals surface area (Å²) in [6, 6.07) is 9.81. The minimum Gasteiger partial charge on any atom is -0.477 e. The van der Waals surface area contributed by atoms with E-state index in [1.807, 2.05) is 13.1 Å². The summed E-state index contributed by atoms with van der Waals surface area (Å²) in [5, 5.41) is 21.4. The number of aromatic carboxylic acids is 1. The van der Waals surface area contributed by atoms with E-state index in [0.29, 0.717) is 29.9 Å². The van der Waals surface area contributed by atoms with Gasteiger partial charge in [-0.3, -0.25) is 0 Å². The van der Waals surface area contributed by atoms with Gasteiger partial charge in [0, 0.05) is 55.0 Å². The Labute approximate surface area is 224 Å². The lowest BCUT2D eigenvalue weighted by molar-refractivity contribution is -0.137. The number of carbonyl (C=O) groups is 1. The molecule has 3 aromatic rings. The number of alkyl halides is 3. The summed E-state index contributed by atoms with van der Waals surface area (Å²) in [6.07, 6.45) is -1.19. The van der Waals surface area contributed by atoms with E-state index in [9.17, 15) is 23.1 Å². The SMILES string of the molecule is CC(C)C(=N)c1c(-c2ccc(N(C)C3CCOCC3)nc2)cc(C(=O)O)nc1Nc1cccc(C(F)(F)F)c1. The van der Waals surface area contributed by atoms with Crippen molar-refractivity contribution in [3.05, 3.63) is 65.5 Å². The second-order valence-electron chi connectivity index (χ2n) is 9.72. The fraction of sp³-hybridized carbons (Fsp3) is 0.357. The Balaban J connectivity index is 1.80. The predicted molar refractivity (Wildman–Crippen MR) is 143 cm³/mol. The Bertz CT molecular complexity index is 1350. The molecule has 1 aliphatic rings. The monoisotopic (exact) mass is 541 g/mol. The Morgan fingerprint density at radius 1 is 1.18 bits per heavy atom. The van der Waals surface area contributed by atoms with Crippen LogP contribution >= 0.6 is 0 Å². The van der Waals surface area contributed by atoms with Crippen LogP contribution in [0.5, 0.6) is 0 Å². The van der Waals surface area contributed by atoms with E-state index in [2.05, 4.69) is 20.2 Å². The maximum Gasteiger partial charge on any atom is 0.416 e. The van der Waals surface area contributed by atoms with Gasteiger partial charge in [-0.1, -0.05) is 19.9 Å². The number of nitrogens with one attached hydrogen (secondary N) is 2. The zero-order valence-corrected chi connectivity index (χ0v) is 21.8. The van der Waals surface area contributed by atoms with Crippen LogP contribution in [-0.2, 0) is 10.9 Å². The number of hydrogen-bond donors (Lipinski definition) is 3. The molecule has 0 aliphatic carbocycles. The smallest absolute Gasteiger partial charge is 0.416 e. The molecule has 4 rings (SSSR count). The number of halogens is 3. The molecule has 39 heavy (non-hydrogen) atoms. The van der Waals surface area contributed by atoms with Crippen LogP contribution in [0.15, 0.2) is 48.7 Å². The molecular formula is C28H30F3N5O3. The molecule has 3 N–H and O–H groups in total. The minimum absolute atomic E-state index is 0.0219. The van der Waals surface area contributed by atoms with Gasteiger partial charge in [0.2, 0.25) is 0 Å². The number of aromatic nitrogens is 2. The molecule has 0 saturated carbocycles. The summed E-state index contributed by atoms with van der Waals surface area (Å²) in [6.45, 7) is 4.97. The molecule has 1 saturated heterocycles. The van der Waals surface area contributed by atoms with Gasteiger partial charge < -0.3 is 25.5 Å². The quantitative estimate of drug-likeness (QED) is 0.289. The maximum absolute atomic E-state index is 13.3. The van der Waals surface area contributed by atoms with Crippen LogP contribution in [0.25, 0.3) is 11.1 Å². The average molecular weight is 542 g/mol. The summed E-state index contributed by atoms with van der Waals surface area (Å²) in [5.74, 6) is -0.878. The fourth-order valence-electron chi connectivity index (χ4n) is 4.46. The lowest BCUT2D eigenvalue weighted by atomic mass is 9.92. The third-order valence-corrected chi connectivity index (χ3v) is 6.70. The van der Waals surface area contributed by atoms with Gasteiger partial charge in [0.1, 0.15) is 11.6 Å². The van der Waals surface area contributed by atoms with Crippen molar-refractivity contribution in [3.63, 3.8) is 0 Å². The fourth-order valence-corrected chi connectivity index (χ4v) is 4.46. The van der Waals surface area contributed by atoms with Gasteiger partial charge in [-0.15, -0.1) is 0 Å².